The lowest BCUT2D eigenvalue weighted by atomic mass is 10.1. The zero-order valence-corrected chi connectivity index (χ0v) is 13.8. The molecule has 2 N–H and O–H groups in total. The van der Waals surface area contributed by atoms with Crippen molar-refractivity contribution in [1.29, 1.82) is 0 Å². The van der Waals surface area contributed by atoms with E-state index in [-0.39, 0.29) is 23.3 Å². The van der Waals surface area contributed by atoms with Crippen molar-refractivity contribution in [3.63, 3.8) is 0 Å². The predicted octanol–water partition coefficient (Wildman–Crippen LogP) is 3.10. The first-order chi connectivity index (χ1) is 11.9. The number of hydrogen-bond donors (Lipinski definition) is 2. The summed E-state index contributed by atoms with van der Waals surface area (Å²) in [6.45, 7) is 4.04. The summed E-state index contributed by atoms with van der Waals surface area (Å²) in [7, 11) is 0. The number of rotatable bonds is 5. The minimum Gasteiger partial charge on any atom is -0.503 e. The molecule has 6 nitrogen and oxygen atoms in total. The lowest BCUT2D eigenvalue weighted by Crippen LogP contribution is -2.02. The number of aromatic hydroxyl groups is 2. The van der Waals surface area contributed by atoms with Crippen molar-refractivity contribution in [1.82, 2.24) is 14.3 Å². The summed E-state index contributed by atoms with van der Waals surface area (Å²) >= 11 is 0. The van der Waals surface area contributed by atoms with Gasteiger partial charge in [-0.1, -0.05) is 12.1 Å². The van der Waals surface area contributed by atoms with Crippen LogP contribution < -0.4 is 0 Å². The van der Waals surface area contributed by atoms with Gasteiger partial charge in [-0.2, -0.15) is 5.10 Å². The SMILES string of the molecule is CC(C)n1cc(C(=O)c2cnn(Cc3ccc(F)cc3)c2)c(O)c1O. The fourth-order valence-corrected chi connectivity index (χ4v) is 2.56. The number of aromatic nitrogens is 3. The van der Waals surface area contributed by atoms with Crippen LogP contribution in [-0.4, -0.2) is 30.3 Å². The van der Waals surface area contributed by atoms with Gasteiger partial charge in [0.05, 0.1) is 23.9 Å². The highest BCUT2D eigenvalue weighted by molar-refractivity contribution is 6.10. The van der Waals surface area contributed by atoms with E-state index in [4.69, 9.17) is 0 Å². The van der Waals surface area contributed by atoms with E-state index < -0.39 is 11.5 Å². The van der Waals surface area contributed by atoms with Crippen molar-refractivity contribution in [3.05, 3.63) is 65.4 Å². The van der Waals surface area contributed by atoms with Gasteiger partial charge in [-0.15, -0.1) is 0 Å². The molecule has 130 valence electrons. The minimum atomic E-state index is -0.440. The summed E-state index contributed by atoms with van der Waals surface area (Å²) in [6, 6.07) is 5.91. The van der Waals surface area contributed by atoms with E-state index in [1.54, 1.807) is 23.0 Å². The minimum absolute atomic E-state index is 0.0209. The molecule has 25 heavy (non-hydrogen) atoms. The number of hydrogen-bond acceptors (Lipinski definition) is 4. The third-order valence-electron chi connectivity index (χ3n) is 3.93. The maximum atomic E-state index is 12.9. The van der Waals surface area contributed by atoms with Crippen LogP contribution in [0.25, 0.3) is 0 Å². The number of carbonyl (C=O) groups excluding carboxylic acids is 1. The third-order valence-corrected chi connectivity index (χ3v) is 3.93. The van der Waals surface area contributed by atoms with E-state index in [1.165, 1.54) is 29.1 Å². The molecule has 0 saturated carbocycles. The Bertz CT molecular complexity index is 910. The van der Waals surface area contributed by atoms with Crippen LogP contribution in [0.5, 0.6) is 11.6 Å². The van der Waals surface area contributed by atoms with E-state index in [0.29, 0.717) is 12.1 Å². The highest BCUT2D eigenvalue weighted by Crippen LogP contribution is 2.34. The summed E-state index contributed by atoms with van der Waals surface area (Å²) in [4.78, 5) is 12.6. The van der Waals surface area contributed by atoms with Crippen LogP contribution in [0, 0.1) is 5.82 Å². The van der Waals surface area contributed by atoms with E-state index in [2.05, 4.69) is 5.10 Å². The summed E-state index contributed by atoms with van der Waals surface area (Å²) < 4.78 is 15.9. The number of nitrogens with zero attached hydrogens (tertiary/aromatic N) is 3. The number of ketones is 1. The Balaban J connectivity index is 1.83. The molecule has 0 saturated heterocycles. The van der Waals surface area contributed by atoms with Crippen molar-refractivity contribution < 1.29 is 19.4 Å². The normalized spacial score (nSPS) is 11.2. The van der Waals surface area contributed by atoms with Gasteiger partial charge in [-0.25, -0.2) is 4.39 Å². The molecule has 0 bridgehead atoms. The molecule has 0 aliphatic rings. The first kappa shape index (κ1) is 16.8. The molecule has 3 rings (SSSR count). The van der Waals surface area contributed by atoms with Crippen molar-refractivity contribution in [2.45, 2.75) is 26.4 Å². The molecular weight excluding hydrogens is 325 g/mol. The average Bonchev–Trinajstić information content (AvgIpc) is 3.15. The number of halogens is 1. The Morgan fingerprint density at radius 2 is 1.88 bits per heavy atom. The fourth-order valence-electron chi connectivity index (χ4n) is 2.56. The molecule has 0 unspecified atom stereocenters. The Labute approximate surface area is 143 Å². The zero-order chi connectivity index (χ0) is 18.1. The quantitative estimate of drug-likeness (QED) is 0.698. The highest BCUT2D eigenvalue weighted by atomic mass is 19.1. The van der Waals surface area contributed by atoms with E-state index >= 15 is 0 Å². The van der Waals surface area contributed by atoms with E-state index in [9.17, 15) is 19.4 Å². The second kappa shape index (κ2) is 6.43. The van der Waals surface area contributed by atoms with Crippen LogP contribution in [0.15, 0.2) is 42.9 Å². The first-order valence-corrected chi connectivity index (χ1v) is 7.81. The van der Waals surface area contributed by atoms with E-state index in [0.717, 1.165) is 5.56 Å². The molecule has 1 aromatic carbocycles. The summed E-state index contributed by atoms with van der Waals surface area (Å²) in [5, 5.41) is 24.1. The number of benzene rings is 1. The van der Waals surface area contributed by atoms with Crippen LogP contribution in [0.4, 0.5) is 4.39 Å². The molecular formula is C18H18FN3O3. The summed E-state index contributed by atoms with van der Waals surface area (Å²) in [5.41, 5.74) is 1.15. The van der Waals surface area contributed by atoms with Crippen LogP contribution in [0.3, 0.4) is 0 Å². The topological polar surface area (TPSA) is 80.3 Å². The standard InChI is InChI=1S/C18H18FN3O3/c1-11(2)22-10-15(17(24)18(22)25)16(23)13-7-20-21(9-13)8-12-3-5-14(19)6-4-12/h3-7,9-11,24-25H,8H2,1-2H3. The van der Waals surface area contributed by atoms with Gasteiger partial charge in [0, 0.05) is 18.4 Å². The monoisotopic (exact) mass is 343 g/mol. The molecule has 0 radical (unpaired) electrons. The van der Waals surface area contributed by atoms with Gasteiger partial charge in [-0.05, 0) is 31.5 Å². The summed E-state index contributed by atoms with van der Waals surface area (Å²) in [6.07, 6.45) is 4.37. The Morgan fingerprint density at radius 3 is 2.48 bits per heavy atom. The number of carbonyl (C=O) groups is 1. The molecule has 0 fully saturated rings. The van der Waals surface area contributed by atoms with Crippen molar-refractivity contribution in [3.8, 4) is 11.6 Å². The van der Waals surface area contributed by atoms with E-state index in [1.807, 2.05) is 13.8 Å². The van der Waals surface area contributed by atoms with Crippen LogP contribution in [0.1, 0.15) is 41.4 Å². The van der Waals surface area contributed by atoms with Crippen LogP contribution in [-0.2, 0) is 6.54 Å². The first-order valence-electron chi connectivity index (χ1n) is 7.81. The molecule has 0 aliphatic heterocycles. The molecule has 2 heterocycles. The molecule has 0 amide bonds. The Morgan fingerprint density at radius 1 is 1.20 bits per heavy atom. The van der Waals surface area contributed by atoms with Gasteiger partial charge >= 0.3 is 0 Å². The average molecular weight is 343 g/mol. The molecule has 0 spiro atoms. The van der Waals surface area contributed by atoms with Crippen molar-refractivity contribution in [2.24, 2.45) is 0 Å². The van der Waals surface area contributed by atoms with Crippen molar-refractivity contribution in [2.75, 3.05) is 0 Å². The van der Waals surface area contributed by atoms with Crippen LogP contribution in [0.2, 0.25) is 0 Å². The second-order valence-corrected chi connectivity index (χ2v) is 6.10. The smallest absolute Gasteiger partial charge is 0.235 e. The largest absolute Gasteiger partial charge is 0.503 e. The Kier molecular flexibility index (Phi) is 4.31. The Hall–Kier alpha value is -3.09. The lowest BCUT2D eigenvalue weighted by molar-refractivity contribution is 0.103. The fraction of sp³-hybridized carbons (Fsp3) is 0.222. The lowest BCUT2D eigenvalue weighted by Gasteiger charge is -2.07. The van der Waals surface area contributed by atoms with Crippen molar-refractivity contribution >= 4 is 5.78 Å². The van der Waals surface area contributed by atoms with Gasteiger partial charge < -0.3 is 14.8 Å². The third kappa shape index (κ3) is 3.26. The van der Waals surface area contributed by atoms with Gasteiger partial charge in [0.1, 0.15) is 5.82 Å². The molecule has 2 aromatic heterocycles. The maximum Gasteiger partial charge on any atom is 0.235 e. The molecule has 0 atom stereocenters. The molecule has 7 heteroatoms. The second-order valence-electron chi connectivity index (χ2n) is 6.10. The van der Waals surface area contributed by atoms with Gasteiger partial charge in [0.25, 0.3) is 0 Å². The predicted molar refractivity (Wildman–Crippen MR) is 89.3 cm³/mol. The highest BCUT2D eigenvalue weighted by Gasteiger charge is 2.23. The maximum absolute atomic E-state index is 12.9. The zero-order valence-electron chi connectivity index (χ0n) is 13.8. The molecule has 3 aromatic rings. The van der Waals surface area contributed by atoms with Gasteiger partial charge in [0.15, 0.2) is 5.75 Å². The van der Waals surface area contributed by atoms with Crippen LogP contribution >= 0.6 is 0 Å². The van der Waals surface area contributed by atoms with Gasteiger partial charge in [-0.3, -0.25) is 9.48 Å². The summed E-state index contributed by atoms with van der Waals surface area (Å²) in [5.74, 6) is -1.52. The van der Waals surface area contributed by atoms with Gasteiger partial charge in [0.2, 0.25) is 11.7 Å². The molecule has 0 aliphatic carbocycles.